The molecule has 0 saturated carbocycles. The van der Waals surface area contributed by atoms with Gasteiger partial charge < -0.3 is 0 Å². The number of hydrogen-bond donors (Lipinski definition) is 1. The minimum absolute atomic E-state index is 0.989. The number of nitrogens with zero attached hydrogens (tertiary/aromatic N) is 1. The minimum Gasteiger partial charge on any atom is -0.278 e. The van der Waals surface area contributed by atoms with Crippen molar-refractivity contribution in [2.45, 2.75) is 20.3 Å². The fourth-order valence-corrected chi connectivity index (χ4v) is 1.46. The van der Waals surface area contributed by atoms with Crippen LogP contribution in [0.4, 0.5) is 0 Å². The van der Waals surface area contributed by atoms with Crippen LogP contribution < -0.4 is 0 Å². The van der Waals surface area contributed by atoms with Gasteiger partial charge in [-0.1, -0.05) is 19.1 Å². The highest BCUT2D eigenvalue weighted by atomic mass is 15.1. The third-order valence-electron chi connectivity index (χ3n) is 2.13. The van der Waals surface area contributed by atoms with Crippen molar-refractivity contribution in [1.29, 1.82) is 0 Å². The first kappa shape index (κ1) is 7.35. The Morgan fingerprint density at radius 3 is 3.00 bits per heavy atom. The van der Waals surface area contributed by atoms with Gasteiger partial charge in [0.05, 0.1) is 11.2 Å². The minimum atomic E-state index is 0.989. The van der Waals surface area contributed by atoms with Gasteiger partial charge in [0.1, 0.15) is 0 Å². The van der Waals surface area contributed by atoms with E-state index < -0.39 is 0 Å². The fourth-order valence-electron chi connectivity index (χ4n) is 1.46. The first-order valence-corrected chi connectivity index (χ1v) is 4.25. The summed E-state index contributed by atoms with van der Waals surface area (Å²) in [5.41, 5.74) is 3.57. The van der Waals surface area contributed by atoms with Gasteiger partial charge in [0.2, 0.25) is 0 Å². The van der Waals surface area contributed by atoms with E-state index in [1.54, 1.807) is 0 Å². The number of aromatic nitrogens is 2. The standard InChI is InChI=1S/C10H12N2/c1-3-9-8-5-4-7(2)6-10(8)12-11-9/h4-6H,3H2,1-2H3,(H,11,12). The Hall–Kier alpha value is -1.31. The van der Waals surface area contributed by atoms with Crippen molar-refractivity contribution in [3.63, 3.8) is 0 Å². The fraction of sp³-hybridized carbons (Fsp3) is 0.300. The van der Waals surface area contributed by atoms with E-state index in [-0.39, 0.29) is 0 Å². The lowest BCUT2D eigenvalue weighted by Crippen LogP contribution is -1.78. The van der Waals surface area contributed by atoms with Crippen LogP contribution in [0, 0.1) is 6.92 Å². The molecule has 2 heteroatoms. The summed E-state index contributed by atoms with van der Waals surface area (Å²) in [5.74, 6) is 0. The summed E-state index contributed by atoms with van der Waals surface area (Å²) in [5, 5.41) is 8.51. The highest BCUT2D eigenvalue weighted by Gasteiger charge is 2.01. The highest BCUT2D eigenvalue weighted by Crippen LogP contribution is 2.17. The molecule has 0 spiro atoms. The Morgan fingerprint density at radius 1 is 1.42 bits per heavy atom. The number of nitrogens with one attached hydrogen (secondary N) is 1. The van der Waals surface area contributed by atoms with Crippen LogP contribution in [0.1, 0.15) is 18.2 Å². The Bertz CT molecular complexity index is 401. The van der Waals surface area contributed by atoms with Gasteiger partial charge in [0.25, 0.3) is 0 Å². The molecule has 0 fully saturated rings. The molecule has 0 atom stereocenters. The summed E-state index contributed by atoms with van der Waals surface area (Å²) in [6.45, 7) is 4.21. The van der Waals surface area contributed by atoms with Crippen LogP contribution in [-0.2, 0) is 6.42 Å². The van der Waals surface area contributed by atoms with E-state index in [0.717, 1.165) is 17.6 Å². The van der Waals surface area contributed by atoms with E-state index in [9.17, 15) is 0 Å². The largest absolute Gasteiger partial charge is 0.278 e. The van der Waals surface area contributed by atoms with E-state index in [0.29, 0.717) is 0 Å². The SMILES string of the molecule is CCc1n[nH]c2cc(C)ccc12. The Kier molecular flexibility index (Phi) is 1.61. The van der Waals surface area contributed by atoms with Gasteiger partial charge in [-0.05, 0) is 25.0 Å². The third kappa shape index (κ3) is 0.998. The second kappa shape index (κ2) is 2.63. The monoisotopic (exact) mass is 160 g/mol. The van der Waals surface area contributed by atoms with E-state index >= 15 is 0 Å². The number of aryl methyl sites for hydroxylation is 2. The van der Waals surface area contributed by atoms with Crippen molar-refractivity contribution in [1.82, 2.24) is 10.2 Å². The molecule has 1 N–H and O–H groups in total. The number of H-pyrrole nitrogens is 1. The van der Waals surface area contributed by atoms with Crippen molar-refractivity contribution in [3.8, 4) is 0 Å². The Balaban J connectivity index is 2.73. The molecular formula is C10H12N2. The van der Waals surface area contributed by atoms with Crippen molar-refractivity contribution < 1.29 is 0 Å². The van der Waals surface area contributed by atoms with Crippen LogP contribution >= 0.6 is 0 Å². The van der Waals surface area contributed by atoms with Crippen molar-refractivity contribution in [2.75, 3.05) is 0 Å². The van der Waals surface area contributed by atoms with Crippen LogP contribution in [0.15, 0.2) is 18.2 Å². The maximum absolute atomic E-state index is 4.23. The van der Waals surface area contributed by atoms with Gasteiger partial charge in [0, 0.05) is 5.39 Å². The first-order chi connectivity index (χ1) is 5.81. The van der Waals surface area contributed by atoms with Crippen LogP contribution in [0.2, 0.25) is 0 Å². The summed E-state index contributed by atoms with van der Waals surface area (Å²) < 4.78 is 0. The smallest absolute Gasteiger partial charge is 0.0698 e. The number of aromatic amines is 1. The maximum Gasteiger partial charge on any atom is 0.0698 e. The molecule has 0 aliphatic carbocycles. The lowest BCUT2D eigenvalue weighted by atomic mass is 10.1. The molecule has 2 aromatic rings. The van der Waals surface area contributed by atoms with Gasteiger partial charge in [-0.2, -0.15) is 5.10 Å². The summed E-state index contributed by atoms with van der Waals surface area (Å²) in [7, 11) is 0. The zero-order valence-corrected chi connectivity index (χ0v) is 7.39. The van der Waals surface area contributed by atoms with Crippen LogP contribution in [0.25, 0.3) is 10.9 Å². The lowest BCUT2D eigenvalue weighted by molar-refractivity contribution is 0.988. The zero-order valence-electron chi connectivity index (χ0n) is 7.39. The van der Waals surface area contributed by atoms with Crippen LogP contribution in [-0.4, -0.2) is 10.2 Å². The molecule has 1 aromatic carbocycles. The summed E-state index contributed by atoms with van der Waals surface area (Å²) >= 11 is 0. The average Bonchev–Trinajstić information content (AvgIpc) is 2.46. The normalized spacial score (nSPS) is 10.8. The molecule has 0 aliphatic rings. The molecule has 2 rings (SSSR count). The number of fused-ring (bicyclic) bond motifs is 1. The third-order valence-corrected chi connectivity index (χ3v) is 2.13. The van der Waals surface area contributed by atoms with Crippen molar-refractivity contribution in [2.24, 2.45) is 0 Å². The summed E-state index contributed by atoms with van der Waals surface area (Å²) in [6.07, 6.45) is 0.989. The molecule has 62 valence electrons. The Labute approximate surface area is 71.6 Å². The molecular weight excluding hydrogens is 148 g/mol. The maximum atomic E-state index is 4.23. The molecule has 0 amide bonds. The molecule has 12 heavy (non-hydrogen) atoms. The van der Waals surface area contributed by atoms with E-state index in [1.807, 2.05) is 0 Å². The first-order valence-electron chi connectivity index (χ1n) is 4.25. The molecule has 0 aliphatic heterocycles. The Morgan fingerprint density at radius 2 is 2.25 bits per heavy atom. The summed E-state index contributed by atoms with van der Waals surface area (Å²) in [4.78, 5) is 0. The highest BCUT2D eigenvalue weighted by molar-refractivity contribution is 5.81. The lowest BCUT2D eigenvalue weighted by Gasteiger charge is -1.92. The van der Waals surface area contributed by atoms with E-state index in [2.05, 4.69) is 42.2 Å². The zero-order chi connectivity index (χ0) is 8.55. The quantitative estimate of drug-likeness (QED) is 0.682. The molecule has 0 radical (unpaired) electrons. The molecule has 1 heterocycles. The predicted molar refractivity (Wildman–Crippen MR) is 50.2 cm³/mol. The van der Waals surface area contributed by atoms with E-state index in [4.69, 9.17) is 0 Å². The van der Waals surface area contributed by atoms with Crippen LogP contribution in [0.3, 0.4) is 0 Å². The average molecular weight is 160 g/mol. The number of hydrogen-bond acceptors (Lipinski definition) is 1. The van der Waals surface area contributed by atoms with Gasteiger partial charge in [-0.25, -0.2) is 0 Å². The number of benzene rings is 1. The van der Waals surface area contributed by atoms with Crippen LogP contribution in [0.5, 0.6) is 0 Å². The molecule has 0 saturated heterocycles. The molecule has 0 bridgehead atoms. The molecule has 1 aromatic heterocycles. The van der Waals surface area contributed by atoms with Gasteiger partial charge >= 0.3 is 0 Å². The molecule has 0 unspecified atom stereocenters. The van der Waals surface area contributed by atoms with Crippen molar-refractivity contribution in [3.05, 3.63) is 29.5 Å². The predicted octanol–water partition coefficient (Wildman–Crippen LogP) is 2.43. The van der Waals surface area contributed by atoms with Gasteiger partial charge in [0.15, 0.2) is 0 Å². The summed E-state index contributed by atoms with van der Waals surface area (Å²) in [6, 6.07) is 6.38. The second-order valence-corrected chi connectivity index (χ2v) is 3.07. The van der Waals surface area contributed by atoms with E-state index in [1.165, 1.54) is 10.9 Å². The van der Waals surface area contributed by atoms with Gasteiger partial charge in [-0.15, -0.1) is 0 Å². The van der Waals surface area contributed by atoms with Crippen molar-refractivity contribution >= 4 is 10.9 Å². The molecule has 2 nitrogen and oxygen atoms in total. The topological polar surface area (TPSA) is 28.7 Å². The number of rotatable bonds is 1. The second-order valence-electron chi connectivity index (χ2n) is 3.07. The van der Waals surface area contributed by atoms with Gasteiger partial charge in [-0.3, -0.25) is 5.10 Å².